The highest BCUT2D eigenvalue weighted by Crippen LogP contribution is 2.16. The van der Waals surface area contributed by atoms with Gasteiger partial charge in [0, 0.05) is 24.3 Å². The van der Waals surface area contributed by atoms with Crippen molar-refractivity contribution in [3.05, 3.63) is 23.4 Å². The molecule has 0 aromatic carbocycles. The van der Waals surface area contributed by atoms with Crippen LogP contribution < -0.4 is 10.6 Å². The molecule has 0 spiro atoms. The molecule has 1 atom stereocenters. The number of nitrogens with zero attached hydrogens (tertiary/aromatic N) is 2. The third-order valence-corrected chi connectivity index (χ3v) is 2.85. The number of aliphatic carboxylic acids is 1. The van der Waals surface area contributed by atoms with E-state index in [1.807, 2.05) is 11.8 Å². The Morgan fingerprint density at radius 1 is 1.47 bits per heavy atom. The van der Waals surface area contributed by atoms with Gasteiger partial charge >= 0.3 is 5.97 Å². The molecule has 0 aliphatic carbocycles. The molecule has 0 radical (unpaired) electrons. The summed E-state index contributed by atoms with van der Waals surface area (Å²) in [6.45, 7) is 6.25. The van der Waals surface area contributed by atoms with Crippen molar-refractivity contribution in [2.24, 2.45) is 11.7 Å². The lowest BCUT2D eigenvalue weighted by molar-refractivity contribution is -0.140. The summed E-state index contributed by atoms with van der Waals surface area (Å²) in [6, 6.07) is 3.20. The monoisotopic (exact) mass is 265 g/mol. The largest absolute Gasteiger partial charge is 0.481 e. The lowest BCUT2D eigenvalue weighted by Gasteiger charge is -2.24. The fourth-order valence-corrected chi connectivity index (χ4v) is 1.75. The average molecular weight is 265 g/mol. The number of carboxylic acid groups (broad SMARTS) is 1. The highest BCUT2D eigenvalue weighted by atomic mass is 16.4. The molecule has 104 valence electrons. The summed E-state index contributed by atoms with van der Waals surface area (Å²) < 4.78 is 0. The van der Waals surface area contributed by atoms with Crippen LogP contribution in [0.25, 0.3) is 0 Å². The van der Waals surface area contributed by atoms with Crippen molar-refractivity contribution >= 4 is 17.7 Å². The summed E-state index contributed by atoms with van der Waals surface area (Å²) in [5.41, 5.74) is 6.32. The molecule has 1 amide bonds. The molecule has 0 aliphatic rings. The van der Waals surface area contributed by atoms with Gasteiger partial charge in [0.15, 0.2) is 0 Å². The number of carbonyl (C=O) groups is 2. The van der Waals surface area contributed by atoms with Crippen LogP contribution in [-0.4, -0.2) is 35.1 Å². The maximum absolute atomic E-state index is 11.2. The Kier molecular flexibility index (Phi) is 4.86. The minimum Gasteiger partial charge on any atom is -0.481 e. The van der Waals surface area contributed by atoms with Gasteiger partial charge in [-0.3, -0.25) is 9.59 Å². The van der Waals surface area contributed by atoms with Crippen LogP contribution in [0.2, 0.25) is 0 Å². The zero-order chi connectivity index (χ0) is 14.6. The number of aromatic nitrogens is 1. The van der Waals surface area contributed by atoms with Gasteiger partial charge in [0.25, 0.3) is 0 Å². The molecule has 0 saturated carbocycles. The van der Waals surface area contributed by atoms with E-state index >= 15 is 0 Å². The van der Waals surface area contributed by atoms with Gasteiger partial charge in [0.05, 0.1) is 5.92 Å². The fraction of sp³-hybridized carbons (Fsp3) is 0.462. The Bertz CT molecular complexity index is 488. The van der Waals surface area contributed by atoms with Crippen molar-refractivity contribution in [1.82, 2.24) is 4.98 Å². The second kappa shape index (κ2) is 6.17. The molecule has 1 aromatic heterocycles. The van der Waals surface area contributed by atoms with Gasteiger partial charge in [-0.25, -0.2) is 4.98 Å². The summed E-state index contributed by atoms with van der Waals surface area (Å²) in [6.07, 6.45) is 0. The molecule has 0 fully saturated rings. The van der Waals surface area contributed by atoms with Crippen molar-refractivity contribution in [2.45, 2.75) is 20.8 Å². The molecule has 6 heteroatoms. The number of aryl methyl sites for hydroxylation is 1. The van der Waals surface area contributed by atoms with Crippen LogP contribution in [0.1, 0.15) is 29.9 Å². The SMILES string of the molecule is CCN(CC(C)C(=O)O)c1cc(C(N)=O)cc(C)n1. The van der Waals surface area contributed by atoms with Crippen LogP contribution in [0.3, 0.4) is 0 Å². The Balaban J connectivity index is 3.04. The first-order chi connectivity index (χ1) is 8.85. The quantitative estimate of drug-likeness (QED) is 0.801. The number of primary amides is 1. The molecule has 19 heavy (non-hydrogen) atoms. The molecule has 0 bridgehead atoms. The smallest absolute Gasteiger partial charge is 0.308 e. The van der Waals surface area contributed by atoms with E-state index in [1.54, 1.807) is 26.0 Å². The molecule has 0 saturated heterocycles. The lowest BCUT2D eigenvalue weighted by atomic mass is 10.1. The zero-order valence-corrected chi connectivity index (χ0v) is 11.4. The second-order valence-electron chi connectivity index (χ2n) is 4.50. The molecule has 6 nitrogen and oxygen atoms in total. The predicted molar refractivity (Wildman–Crippen MR) is 72.2 cm³/mol. The Morgan fingerprint density at radius 2 is 2.11 bits per heavy atom. The first-order valence-corrected chi connectivity index (χ1v) is 6.11. The van der Waals surface area contributed by atoms with Crippen LogP contribution in [0.15, 0.2) is 12.1 Å². The number of anilines is 1. The van der Waals surface area contributed by atoms with Gasteiger partial charge < -0.3 is 15.7 Å². The first kappa shape index (κ1) is 14.9. The maximum Gasteiger partial charge on any atom is 0.308 e. The van der Waals surface area contributed by atoms with E-state index in [-0.39, 0.29) is 0 Å². The molecule has 3 N–H and O–H groups in total. The fourth-order valence-electron chi connectivity index (χ4n) is 1.75. The number of pyridine rings is 1. The van der Waals surface area contributed by atoms with Crippen molar-refractivity contribution in [1.29, 1.82) is 0 Å². The summed E-state index contributed by atoms with van der Waals surface area (Å²) in [5, 5.41) is 8.95. The predicted octanol–water partition coefficient (Wildman–Crippen LogP) is 1.04. The molecule has 0 aliphatic heterocycles. The highest BCUT2D eigenvalue weighted by molar-refractivity contribution is 5.93. The number of amides is 1. The van der Waals surface area contributed by atoms with Gasteiger partial charge in [-0.2, -0.15) is 0 Å². The zero-order valence-electron chi connectivity index (χ0n) is 11.4. The van der Waals surface area contributed by atoms with E-state index in [0.717, 1.165) is 0 Å². The van der Waals surface area contributed by atoms with Gasteiger partial charge in [0.1, 0.15) is 5.82 Å². The van der Waals surface area contributed by atoms with E-state index < -0.39 is 17.8 Å². The molecular formula is C13H19N3O3. The summed E-state index contributed by atoms with van der Waals surface area (Å²) in [4.78, 5) is 28.3. The van der Waals surface area contributed by atoms with E-state index in [0.29, 0.717) is 30.2 Å². The molecule has 1 heterocycles. The molecule has 1 rings (SSSR count). The van der Waals surface area contributed by atoms with Gasteiger partial charge in [-0.15, -0.1) is 0 Å². The third-order valence-electron chi connectivity index (χ3n) is 2.85. The van der Waals surface area contributed by atoms with Crippen LogP contribution in [-0.2, 0) is 4.79 Å². The normalized spacial score (nSPS) is 11.9. The lowest BCUT2D eigenvalue weighted by Crippen LogP contribution is -2.32. The van der Waals surface area contributed by atoms with Crippen molar-refractivity contribution in [3.63, 3.8) is 0 Å². The number of carbonyl (C=O) groups excluding carboxylic acids is 1. The molecule has 1 unspecified atom stereocenters. The van der Waals surface area contributed by atoms with Gasteiger partial charge in [-0.1, -0.05) is 6.92 Å². The van der Waals surface area contributed by atoms with Crippen LogP contribution >= 0.6 is 0 Å². The average Bonchev–Trinajstić information content (AvgIpc) is 2.34. The van der Waals surface area contributed by atoms with E-state index in [1.165, 1.54) is 0 Å². The Hall–Kier alpha value is -2.11. The Morgan fingerprint density at radius 3 is 2.58 bits per heavy atom. The number of nitrogens with two attached hydrogens (primary N) is 1. The number of hydrogen-bond acceptors (Lipinski definition) is 4. The van der Waals surface area contributed by atoms with E-state index in [4.69, 9.17) is 10.8 Å². The minimum atomic E-state index is -0.860. The van der Waals surface area contributed by atoms with Crippen molar-refractivity contribution in [2.75, 3.05) is 18.0 Å². The minimum absolute atomic E-state index is 0.334. The van der Waals surface area contributed by atoms with Crippen molar-refractivity contribution in [3.8, 4) is 0 Å². The summed E-state index contributed by atoms with van der Waals surface area (Å²) >= 11 is 0. The molecular weight excluding hydrogens is 246 g/mol. The summed E-state index contributed by atoms with van der Waals surface area (Å²) in [7, 11) is 0. The van der Waals surface area contributed by atoms with E-state index in [2.05, 4.69) is 4.98 Å². The topological polar surface area (TPSA) is 96.5 Å². The second-order valence-corrected chi connectivity index (χ2v) is 4.50. The van der Waals surface area contributed by atoms with Crippen molar-refractivity contribution < 1.29 is 14.7 Å². The van der Waals surface area contributed by atoms with Crippen LogP contribution in [0, 0.1) is 12.8 Å². The van der Waals surface area contributed by atoms with Crippen LogP contribution in [0.5, 0.6) is 0 Å². The Labute approximate surface area is 112 Å². The molecule has 1 aromatic rings. The first-order valence-electron chi connectivity index (χ1n) is 6.11. The third kappa shape index (κ3) is 3.94. The van der Waals surface area contributed by atoms with E-state index in [9.17, 15) is 9.59 Å². The van der Waals surface area contributed by atoms with Gasteiger partial charge in [0.2, 0.25) is 5.91 Å². The number of carboxylic acids is 1. The highest BCUT2D eigenvalue weighted by Gasteiger charge is 2.17. The van der Waals surface area contributed by atoms with Crippen LogP contribution in [0.4, 0.5) is 5.82 Å². The number of hydrogen-bond donors (Lipinski definition) is 2. The maximum atomic E-state index is 11.2. The van der Waals surface area contributed by atoms with Gasteiger partial charge in [-0.05, 0) is 26.0 Å². The summed E-state index contributed by atoms with van der Waals surface area (Å²) in [5.74, 6) is -1.32. The standard InChI is InChI=1S/C13H19N3O3/c1-4-16(7-8(2)13(18)19)11-6-10(12(14)17)5-9(3)15-11/h5-6,8H,4,7H2,1-3H3,(H2,14,17)(H,18,19). The number of rotatable bonds is 6.